The lowest BCUT2D eigenvalue weighted by Crippen LogP contribution is -2.37. The minimum Gasteiger partial charge on any atom is -0.868 e. The highest BCUT2D eigenvalue weighted by Crippen LogP contribution is 2.38. The molecule has 5 rings (SSSR count). The molecular weight excluding hydrogens is 406 g/mol. The maximum absolute atomic E-state index is 13.4. The molecule has 1 N–H and O–H groups in total. The van der Waals surface area contributed by atoms with E-state index in [0.717, 1.165) is 10.9 Å². The highest BCUT2D eigenvalue weighted by Gasteiger charge is 2.40. The number of nitrogens with zero attached hydrogens (tertiary/aromatic N) is 2. The van der Waals surface area contributed by atoms with Crippen LogP contribution < -0.4 is 9.67 Å². The summed E-state index contributed by atoms with van der Waals surface area (Å²) in [6.45, 7) is 1.02. The van der Waals surface area contributed by atoms with Crippen LogP contribution in [0.15, 0.2) is 95.1 Å². The molecule has 32 heavy (non-hydrogen) atoms. The van der Waals surface area contributed by atoms with Crippen molar-refractivity contribution in [2.45, 2.75) is 19.0 Å². The molecule has 0 radical (unpaired) electrons. The Hall–Kier alpha value is -4.13. The molecule has 1 unspecified atom stereocenters. The van der Waals surface area contributed by atoms with Gasteiger partial charge in [0.25, 0.3) is 0 Å². The van der Waals surface area contributed by atoms with Gasteiger partial charge in [-0.05, 0) is 23.5 Å². The second-order valence-corrected chi connectivity index (χ2v) is 7.74. The Morgan fingerprint density at radius 3 is 2.66 bits per heavy atom. The maximum Gasteiger partial charge on any atom is 0.241 e. The molecule has 3 heterocycles. The molecule has 7 heteroatoms. The molecule has 0 bridgehead atoms. The monoisotopic (exact) mass is 427 g/mol. The van der Waals surface area contributed by atoms with Gasteiger partial charge in [-0.15, -0.1) is 0 Å². The normalized spacial score (nSPS) is 16.3. The number of fused-ring (bicyclic) bond motifs is 1. The third kappa shape index (κ3) is 3.47. The summed E-state index contributed by atoms with van der Waals surface area (Å²) in [6, 6.07) is 17.3. The first-order valence-electron chi connectivity index (χ1n) is 10.5. The molecule has 0 aliphatic carbocycles. The Labute approximate surface area is 184 Å². The van der Waals surface area contributed by atoms with Gasteiger partial charge in [0.2, 0.25) is 18.0 Å². The van der Waals surface area contributed by atoms with E-state index >= 15 is 0 Å². The Kier molecular flexibility index (Phi) is 5.07. The van der Waals surface area contributed by atoms with Crippen molar-refractivity contribution in [3.05, 3.63) is 102 Å². The number of rotatable bonds is 7. The van der Waals surface area contributed by atoms with Gasteiger partial charge in [-0.25, -0.2) is 4.57 Å². The predicted molar refractivity (Wildman–Crippen MR) is 114 cm³/mol. The highest BCUT2D eigenvalue weighted by atomic mass is 16.3. The molecule has 1 atom stereocenters. The molecule has 7 nitrogen and oxygen atoms in total. The van der Waals surface area contributed by atoms with E-state index in [-0.39, 0.29) is 11.3 Å². The summed E-state index contributed by atoms with van der Waals surface area (Å²) in [5.74, 6) is -1.90. The van der Waals surface area contributed by atoms with Crippen molar-refractivity contribution in [2.24, 2.45) is 0 Å². The number of nitrogens with one attached hydrogen (secondary N) is 1. The zero-order chi connectivity index (χ0) is 22.1. The van der Waals surface area contributed by atoms with Crippen LogP contribution in [-0.4, -0.2) is 28.1 Å². The van der Waals surface area contributed by atoms with Crippen molar-refractivity contribution in [1.29, 1.82) is 0 Å². The second kappa shape index (κ2) is 8.19. The smallest absolute Gasteiger partial charge is 0.241 e. The van der Waals surface area contributed by atoms with Crippen LogP contribution in [0.25, 0.3) is 11.0 Å². The van der Waals surface area contributed by atoms with Crippen LogP contribution in [0.3, 0.4) is 0 Å². The first kappa shape index (κ1) is 19.8. The van der Waals surface area contributed by atoms with Crippen LogP contribution in [0.2, 0.25) is 0 Å². The summed E-state index contributed by atoms with van der Waals surface area (Å²) in [4.78, 5) is 30.9. The number of furan rings is 1. The van der Waals surface area contributed by atoms with Crippen LogP contribution in [0.5, 0.6) is 0 Å². The zero-order valence-electron chi connectivity index (χ0n) is 17.2. The van der Waals surface area contributed by atoms with Crippen LogP contribution in [0, 0.1) is 0 Å². The minimum absolute atomic E-state index is 0.0606. The molecule has 0 saturated heterocycles. The summed E-state index contributed by atoms with van der Waals surface area (Å²) in [6.07, 6.45) is 6.18. The van der Waals surface area contributed by atoms with Crippen LogP contribution in [-0.2, 0) is 11.3 Å². The van der Waals surface area contributed by atoms with Crippen molar-refractivity contribution in [3.63, 3.8) is 0 Å². The fourth-order valence-electron chi connectivity index (χ4n) is 4.19. The average Bonchev–Trinajstić information content (AvgIpc) is 3.54. The number of amides is 1. The van der Waals surface area contributed by atoms with Crippen LogP contribution >= 0.6 is 0 Å². The van der Waals surface area contributed by atoms with Crippen LogP contribution in [0.1, 0.15) is 28.6 Å². The van der Waals surface area contributed by atoms with Crippen molar-refractivity contribution in [3.8, 4) is 0 Å². The zero-order valence-corrected chi connectivity index (χ0v) is 17.2. The van der Waals surface area contributed by atoms with Gasteiger partial charge in [-0.3, -0.25) is 14.6 Å². The third-order valence-electron chi connectivity index (χ3n) is 5.71. The Morgan fingerprint density at radius 2 is 1.91 bits per heavy atom. The number of aromatic amines is 1. The van der Waals surface area contributed by atoms with Gasteiger partial charge in [0, 0.05) is 23.9 Å². The molecule has 1 aliphatic rings. The van der Waals surface area contributed by atoms with Gasteiger partial charge in [0.1, 0.15) is 18.0 Å². The summed E-state index contributed by atoms with van der Waals surface area (Å²) >= 11 is 0. The first-order chi connectivity index (χ1) is 15.6. The quantitative estimate of drug-likeness (QED) is 0.362. The number of carbonyl (C=O) groups is 2. The molecule has 0 spiro atoms. The van der Waals surface area contributed by atoms with Gasteiger partial charge in [0.05, 0.1) is 12.6 Å². The van der Waals surface area contributed by atoms with E-state index in [1.54, 1.807) is 12.1 Å². The summed E-state index contributed by atoms with van der Waals surface area (Å²) in [5, 5.41) is 13.8. The Balaban J connectivity index is 1.49. The number of carbonyl (C=O) groups excluding carboxylic acids is 2. The van der Waals surface area contributed by atoms with E-state index < -0.39 is 23.5 Å². The van der Waals surface area contributed by atoms with Crippen LogP contribution in [0.4, 0.5) is 0 Å². The molecule has 1 aliphatic heterocycles. The van der Waals surface area contributed by atoms with Crippen molar-refractivity contribution >= 4 is 22.7 Å². The van der Waals surface area contributed by atoms with E-state index in [1.807, 2.05) is 71.8 Å². The number of para-hydroxylation sites is 1. The van der Waals surface area contributed by atoms with E-state index in [0.29, 0.717) is 25.1 Å². The molecule has 0 saturated carbocycles. The topological polar surface area (TPSA) is 93.2 Å². The molecule has 160 valence electrons. The average molecular weight is 427 g/mol. The summed E-state index contributed by atoms with van der Waals surface area (Å²) < 4.78 is 7.68. The highest BCUT2D eigenvalue weighted by molar-refractivity contribution is 6.15. The number of hydrogen-bond acceptors (Lipinski definition) is 4. The number of aromatic nitrogens is 2. The number of imidazole rings is 1. The van der Waals surface area contributed by atoms with E-state index in [1.165, 1.54) is 4.90 Å². The molecule has 2 aromatic heterocycles. The number of benzene rings is 2. The predicted octanol–water partition coefficient (Wildman–Crippen LogP) is 2.52. The van der Waals surface area contributed by atoms with Gasteiger partial charge >= 0.3 is 0 Å². The number of aryl methyl sites for hydroxylation is 1. The summed E-state index contributed by atoms with van der Waals surface area (Å²) in [5.41, 5.74) is 1.22. The fraction of sp³-hybridized carbons (Fsp3) is 0.160. The largest absolute Gasteiger partial charge is 0.868 e. The molecule has 2 aromatic carbocycles. The van der Waals surface area contributed by atoms with Crippen molar-refractivity contribution in [1.82, 2.24) is 9.88 Å². The molecular formula is C25H21N3O4. The first-order valence-corrected chi connectivity index (χ1v) is 10.5. The number of hydrogen-bond donors (Lipinski definition) is 1. The summed E-state index contributed by atoms with van der Waals surface area (Å²) in [7, 11) is 0. The van der Waals surface area contributed by atoms with Gasteiger partial charge in [-0.1, -0.05) is 48.5 Å². The van der Waals surface area contributed by atoms with Gasteiger partial charge in [-0.2, -0.15) is 0 Å². The number of H-pyrrole nitrogens is 1. The lowest BCUT2D eigenvalue weighted by Gasteiger charge is -2.27. The van der Waals surface area contributed by atoms with Crippen molar-refractivity contribution in [2.75, 3.05) is 6.54 Å². The van der Waals surface area contributed by atoms with Gasteiger partial charge < -0.3 is 14.4 Å². The third-order valence-corrected chi connectivity index (χ3v) is 5.71. The lowest BCUT2D eigenvalue weighted by atomic mass is 9.95. The maximum atomic E-state index is 13.4. The Morgan fingerprint density at radius 1 is 1.12 bits per heavy atom. The Bertz CT molecular complexity index is 1270. The lowest BCUT2D eigenvalue weighted by molar-refractivity contribution is -0.695. The standard InChI is InChI=1S/C25H21N3O4/c29-23(20-15-18-9-4-5-10-19(18)32-20)21-22(17-7-2-1-3-8-17)28(25(31)24(21)30)13-6-12-27-14-11-26-16-27/h1-5,7-11,14-16,22H,6,12-13H2,(H,29,30). The fourth-order valence-corrected chi connectivity index (χ4v) is 4.19. The molecule has 0 fully saturated rings. The number of ketones is 1. The number of Topliss-reactive ketones (excluding diaryl/α,β-unsaturated/α-hetero) is 1. The van der Waals surface area contributed by atoms with Crippen molar-refractivity contribution < 1.29 is 23.7 Å². The van der Waals surface area contributed by atoms with E-state index in [4.69, 9.17) is 4.42 Å². The SMILES string of the molecule is O=C(C1=C([O-])C(=O)N(CCC[n+]2cc[nH]c2)C1c1ccccc1)c1cc2ccccc2o1. The second-order valence-electron chi connectivity index (χ2n) is 7.74. The minimum atomic E-state index is -0.765. The van der Waals surface area contributed by atoms with E-state index in [9.17, 15) is 14.7 Å². The van der Waals surface area contributed by atoms with Gasteiger partial charge in [0.15, 0.2) is 5.76 Å². The van der Waals surface area contributed by atoms with E-state index in [2.05, 4.69) is 4.98 Å². The molecule has 1 amide bonds. The molecule has 4 aromatic rings.